The molecule has 1 saturated heterocycles. The maximum absolute atomic E-state index is 12.4. The van der Waals surface area contributed by atoms with Crippen molar-refractivity contribution in [3.8, 4) is 0 Å². The Hall–Kier alpha value is -1.50. The van der Waals surface area contributed by atoms with Crippen LogP contribution in [0.1, 0.15) is 20.9 Å². The molecule has 0 bridgehead atoms. The number of benzene rings is 1. The molecule has 5 nitrogen and oxygen atoms in total. The maximum Gasteiger partial charge on any atom is 0.267 e. The molecular formula is C15H17ClN4OS. The number of rotatable bonds is 3. The Labute approximate surface area is 138 Å². The lowest BCUT2D eigenvalue weighted by molar-refractivity contribution is 0.0632. The topological polar surface area (TPSA) is 49.3 Å². The molecule has 0 unspecified atom stereocenters. The van der Waals surface area contributed by atoms with Crippen molar-refractivity contribution < 1.29 is 4.79 Å². The lowest BCUT2D eigenvalue weighted by Gasteiger charge is -2.34. The molecule has 2 aromatic rings. The lowest BCUT2D eigenvalue weighted by Crippen LogP contribution is -2.48. The van der Waals surface area contributed by atoms with Crippen molar-refractivity contribution in [1.82, 2.24) is 19.4 Å². The van der Waals surface area contributed by atoms with Crippen LogP contribution in [0, 0.1) is 6.92 Å². The van der Waals surface area contributed by atoms with Gasteiger partial charge in [0.1, 0.15) is 4.88 Å². The van der Waals surface area contributed by atoms with Crippen molar-refractivity contribution in [2.45, 2.75) is 13.5 Å². The minimum absolute atomic E-state index is 0.0508. The highest BCUT2D eigenvalue weighted by Crippen LogP contribution is 2.17. The average molecular weight is 337 g/mol. The van der Waals surface area contributed by atoms with Crippen LogP contribution in [-0.2, 0) is 6.54 Å². The maximum atomic E-state index is 12.4. The molecule has 0 spiro atoms. The van der Waals surface area contributed by atoms with Gasteiger partial charge in [-0.25, -0.2) is 0 Å². The average Bonchev–Trinajstić information content (AvgIpc) is 2.93. The number of amides is 1. The van der Waals surface area contributed by atoms with Gasteiger partial charge in [0.2, 0.25) is 0 Å². The number of aromatic nitrogens is 2. The van der Waals surface area contributed by atoms with Crippen molar-refractivity contribution in [3.63, 3.8) is 0 Å². The molecule has 2 heterocycles. The van der Waals surface area contributed by atoms with Crippen LogP contribution in [0.25, 0.3) is 0 Å². The Kier molecular flexibility index (Phi) is 4.71. The quantitative estimate of drug-likeness (QED) is 0.864. The summed E-state index contributed by atoms with van der Waals surface area (Å²) < 4.78 is 3.84. The van der Waals surface area contributed by atoms with E-state index in [9.17, 15) is 4.79 Å². The molecule has 0 N–H and O–H groups in total. The number of piperazine rings is 1. The number of halogens is 1. The number of carbonyl (C=O) groups is 1. The smallest absolute Gasteiger partial charge is 0.267 e. The van der Waals surface area contributed by atoms with Crippen molar-refractivity contribution in [2.24, 2.45) is 0 Å². The third kappa shape index (κ3) is 3.45. The molecule has 0 atom stereocenters. The SMILES string of the molecule is Cc1nnsc1C(=O)N1CCN(Cc2cccc(Cl)c2)CC1. The van der Waals surface area contributed by atoms with Crippen LogP contribution in [0.3, 0.4) is 0 Å². The molecule has 0 radical (unpaired) electrons. The first-order chi connectivity index (χ1) is 10.6. The summed E-state index contributed by atoms with van der Waals surface area (Å²) in [5, 5.41) is 4.67. The second kappa shape index (κ2) is 6.73. The van der Waals surface area contributed by atoms with Gasteiger partial charge in [-0.05, 0) is 36.2 Å². The molecule has 1 aliphatic rings. The summed E-state index contributed by atoms with van der Waals surface area (Å²) >= 11 is 7.19. The van der Waals surface area contributed by atoms with E-state index in [2.05, 4.69) is 20.6 Å². The van der Waals surface area contributed by atoms with E-state index >= 15 is 0 Å². The fourth-order valence-corrected chi connectivity index (χ4v) is 3.41. The van der Waals surface area contributed by atoms with Gasteiger partial charge in [-0.15, -0.1) is 5.10 Å². The van der Waals surface area contributed by atoms with Crippen LogP contribution in [0.5, 0.6) is 0 Å². The zero-order chi connectivity index (χ0) is 15.5. The molecule has 1 fully saturated rings. The molecule has 7 heteroatoms. The number of hydrogen-bond acceptors (Lipinski definition) is 5. The zero-order valence-electron chi connectivity index (χ0n) is 12.3. The van der Waals surface area contributed by atoms with Crippen LogP contribution in [0.15, 0.2) is 24.3 Å². The molecule has 116 valence electrons. The van der Waals surface area contributed by atoms with Crippen molar-refractivity contribution in [1.29, 1.82) is 0 Å². The minimum Gasteiger partial charge on any atom is -0.335 e. The fourth-order valence-electron chi connectivity index (χ4n) is 2.57. The van der Waals surface area contributed by atoms with Crippen LogP contribution in [-0.4, -0.2) is 51.5 Å². The van der Waals surface area contributed by atoms with E-state index in [1.54, 1.807) is 0 Å². The van der Waals surface area contributed by atoms with E-state index in [-0.39, 0.29) is 5.91 Å². The van der Waals surface area contributed by atoms with E-state index in [0.717, 1.165) is 43.4 Å². The summed E-state index contributed by atoms with van der Waals surface area (Å²) in [4.78, 5) is 17.3. The summed E-state index contributed by atoms with van der Waals surface area (Å²) in [6, 6.07) is 7.92. The second-order valence-electron chi connectivity index (χ2n) is 5.39. The molecule has 1 aromatic heterocycles. The molecular weight excluding hydrogens is 320 g/mol. The van der Waals surface area contributed by atoms with Gasteiger partial charge in [-0.3, -0.25) is 9.69 Å². The van der Waals surface area contributed by atoms with Crippen molar-refractivity contribution >= 4 is 29.0 Å². The van der Waals surface area contributed by atoms with Crippen LogP contribution in [0.2, 0.25) is 5.02 Å². The summed E-state index contributed by atoms with van der Waals surface area (Å²) in [7, 11) is 0. The van der Waals surface area contributed by atoms with E-state index in [1.165, 1.54) is 17.1 Å². The predicted octanol–water partition coefficient (Wildman–Crippen LogP) is 2.46. The standard InChI is InChI=1S/C15H17ClN4OS/c1-11-14(22-18-17-11)15(21)20-7-5-19(6-8-20)10-12-3-2-4-13(16)9-12/h2-4,9H,5-8,10H2,1H3. The summed E-state index contributed by atoms with van der Waals surface area (Å²) in [6.07, 6.45) is 0. The van der Waals surface area contributed by atoms with Gasteiger partial charge in [-0.1, -0.05) is 28.2 Å². The predicted molar refractivity (Wildman–Crippen MR) is 87.3 cm³/mol. The third-order valence-corrected chi connectivity index (χ3v) is 4.85. The second-order valence-corrected chi connectivity index (χ2v) is 6.58. The van der Waals surface area contributed by atoms with Gasteiger partial charge in [0.25, 0.3) is 5.91 Å². The minimum atomic E-state index is 0.0508. The molecule has 0 saturated carbocycles. The first-order valence-corrected chi connectivity index (χ1v) is 8.33. The lowest BCUT2D eigenvalue weighted by atomic mass is 10.2. The molecule has 1 aliphatic heterocycles. The number of carbonyl (C=O) groups excluding carboxylic acids is 1. The summed E-state index contributed by atoms with van der Waals surface area (Å²) in [6.45, 7) is 5.89. The largest absolute Gasteiger partial charge is 0.335 e. The van der Waals surface area contributed by atoms with Crippen LogP contribution in [0.4, 0.5) is 0 Å². The molecule has 1 aromatic carbocycles. The molecule has 0 aliphatic carbocycles. The monoisotopic (exact) mass is 336 g/mol. The summed E-state index contributed by atoms with van der Waals surface area (Å²) in [5.41, 5.74) is 1.92. The van der Waals surface area contributed by atoms with Gasteiger partial charge in [0.15, 0.2) is 0 Å². The highest BCUT2D eigenvalue weighted by molar-refractivity contribution is 7.07. The molecule has 3 rings (SSSR count). The number of aryl methyl sites for hydroxylation is 1. The van der Waals surface area contributed by atoms with Crippen molar-refractivity contribution in [2.75, 3.05) is 26.2 Å². The number of nitrogens with zero attached hydrogens (tertiary/aromatic N) is 4. The Morgan fingerprint density at radius 3 is 2.73 bits per heavy atom. The van der Waals surface area contributed by atoms with Crippen LogP contribution < -0.4 is 0 Å². The van der Waals surface area contributed by atoms with Gasteiger partial charge in [0, 0.05) is 37.7 Å². The first-order valence-electron chi connectivity index (χ1n) is 7.18. The molecule has 22 heavy (non-hydrogen) atoms. The Bertz CT molecular complexity index is 667. The summed E-state index contributed by atoms with van der Waals surface area (Å²) in [5.74, 6) is 0.0508. The Morgan fingerprint density at radius 1 is 1.32 bits per heavy atom. The highest BCUT2D eigenvalue weighted by atomic mass is 35.5. The Balaban J connectivity index is 1.56. The first kappa shape index (κ1) is 15.4. The van der Waals surface area contributed by atoms with E-state index in [4.69, 9.17) is 11.6 Å². The zero-order valence-corrected chi connectivity index (χ0v) is 13.9. The number of hydrogen-bond donors (Lipinski definition) is 0. The van der Waals surface area contributed by atoms with Gasteiger partial charge >= 0.3 is 0 Å². The van der Waals surface area contributed by atoms with Crippen LogP contribution >= 0.6 is 23.1 Å². The van der Waals surface area contributed by atoms with E-state index in [1.807, 2.05) is 30.0 Å². The van der Waals surface area contributed by atoms with Gasteiger partial charge < -0.3 is 4.90 Å². The van der Waals surface area contributed by atoms with E-state index < -0.39 is 0 Å². The van der Waals surface area contributed by atoms with Gasteiger partial charge in [0.05, 0.1) is 5.69 Å². The normalized spacial score (nSPS) is 16.0. The third-order valence-electron chi connectivity index (χ3n) is 3.80. The Morgan fingerprint density at radius 2 is 2.09 bits per heavy atom. The van der Waals surface area contributed by atoms with Gasteiger partial charge in [-0.2, -0.15) is 0 Å². The van der Waals surface area contributed by atoms with E-state index in [0.29, 0.717) is 4.88 Å². The fraction of sp³-hybridized carbons (Fsp3) is 0.400. The van der Waals surface area contributed by atoms with Crippen molar-refractivity contribution in [3.05, 3.63) is 45.4 Å². The highest BCUT2D eigenvalue weighted by Gasteiger charge is 2.24. The molecule has 1 amide bonds.